The van der Waals surface area contributed by atoms with E-state index in [2.05, 4.69) is 57.8 Å². The standard InChI is InChI=1S/C22H37N5O/c1-4-25-13-15-27(16-14-25)19-22(28)24(3)17-20-5-7-21(8-6-20)18-26-11-9-23(2)10-12-26/h5-8H,4,9-19H2,1-3H3. The molecular weight excluding hydrogens is 350 g/mol. The largest absolute Gasteiger partial charge is 0.340 e. The van der Waals surface area contributed by atoms with Gasteiger partial charge < -0.3 is 14.7 Å². The third kappa shape index (κ3) is 6.27. The number of amides is 1. The average molecular weight is 388 g/mol. The molecule has 0 spiro atoms. The third-order valence-corrected chi connectivity index (χ3v) is 6.14. The molecule has 0 N–H and O–H groups in total. The van der Waals surface area contributed by atoms with Crippen molar-refractivity contribution in [1.29, 1.82) is 0 Å². The van der Waals surface area contributed by atoms with Crippen molar-refractivity contribution in [1.82, 2.24) is 24.5 Å². The summed E-state index contributed by atoms with van der Waals surface area (Å²) in [5, 5.41) is 0. The van der Waals surface area contributed by atoms with Gasteiger partial charge >= 0.3 is 0 Å². The van der Waals surface area contributed by atoms with Gasteiger partial charge in [0.2, 0.25) is 5.91 Å². The Kier molecular flexibility index (Phi) is 7.85. The Balaban J connectivity index is 1.42. The lowest BCUT2D eigenvalue weighted by Gasteiger charge is -2.34. The van der Waals surface area contributed by atoms with E-state index in [0.29, 0.717) is 13.1 Å². The van der Waals surface area contributed by atoms with Crippen LogP contribution in [0.5, 0.6) is 0 Å². The van der Waals surface area contributed by atoms with Crippen LogP contribution < -0.4 is 0 Å². The summed E-state index contributed by atoms with van der Waals surface area (Å²) in [5.41, 5.74) is 2.56. The van der Waals surface area contributed by atoms with Crippen LogP contribution in [0, 0.1) is 0 Å². The number of benzene rings is 1. The summed E-state index contributed by atoms with van der Waals surface area (Å²) >= 11 is 0. The van der Waals surface area contributed by atoms with E-state index in [4.69, 9.17) is 0 Å². The van der Waals surface area contributed by atoms with Crippen LogP contribution in [0.2, 0.25) is 0 Å². The first-order valence-corrected chi connectivity index (χ1v) is 10.7. The van der Waals surface area contributed by atoms with Gasteiger partial charge in [0.05, 0.1) is 6.54 Å². The second-order valence-electron chi connectivity index (χ2n) is 8.36. The first-order chi connectivity index (χ1) is 13.5. The van der Waals surface area contributed by atoms with Crippen LogP contribution in [0.25, 0.3) is 0 Å². The fraction of sp³-hybridized carbons (Fsp3) is 0.682. The lowest BCUT2D eigenvalue weighted by atomic mass is 10.1. The molecule has 2 saturated heterocycles. The molecule has 156 valence electrons. The van der Waals surface area contributed by atoms with Crippen molar-refractivity contribution in [3.63, 3.8) is 0 Å². The molecule has 0 aromatic heterocycles. The molecule has 0 radical (unpaired) electrons. The van der Waals surface area contributed by atoms with Gasteiger partial charge in [0, 0.05) is 72.5 Å². The smallest absolute Gasteiger partial charge is 0.236 e. The first-order valence-electron chi connectivity index (χ1n) is 10.7. The van der Waals surface area contributed by atoms with E-state index in [0.717, 1.165) is 65.4 Å². The molecular formula is C22H37N5O. The summed E-state index contributed by atoms with van der Waals surface area (Å²) in [6, 6.07) is 8.79. The van der Waals surface area contributed by atoms with Crippen molar-refractivity contribution < 1.29 is 4.79 Å². The highest BCUT2D eigenvalue weighted by atomic mass is 16.2. The van der Waals surface area contributed by atoms with Gasteiger partial charge in [0.25, 0.3) is 0 Å². The maximum Gasteiger partial charge on any atom is 0.236 e. The molecule has 28 heavy (non-hydrogen) atoms. The molecule has 2 aliphatic heterocycles. The Bertz CT molecular complexity index is 604. The highest BCUT2D eigenvalue weighted by molar-refractivity contribution is 5.78. The Morgan fingerprint density at radius 1 is 0.857 bits per heavy atom. The van der Waals surface area contributed by atoms with Gasteiger partial charge in [-0.25, -0.2) is 0 Å². The Hall–Kier alpha value is -1.47. The monoisotopic (exact) mass is 387 g/mol. The summed E-state index contributed by atoms with van der Waals surface area (Å²) in [6.45, 7) is 14.3. The molecule has 6 heteroatoms. The fourth-order valence-electron chi connectivity index (χ4n) is 3.95. The summed E-state index contributed by atoms with van der Waals surface area (Å²) in [5.74, 6) is 0.214. The van der Waals surface area contributed by atoms with Gasteiger partial charge in [0.15, 0.2) is 0 Å². The predicted octanol–water partition coefficient (Wildman–Crippen LogP) is 1.03. The molecule has 0 saturated carbocycles. The molecule has 3 rings (SSSR count). The average Bonchev–Trinajstić information content (AvgIpc) is 2.71. The van der Waals surface area contributed by atoms with Gasteiger partial charge in [-0.2, -0.15) is 0 Å². The molecule has 1 amide bonds. The number of likely N-dealkylation sites (N-methyl/N-ethyl adjacent to an activating group) is 3. The molecule has 1 aromatic carbocycles. The van der Waals surface area contributed by atoms with Crippen LogP contribution in [0.15, 0.2) is 24.3 Å². The van der Waals surface area contributed by atoms with E-state index in [9.17, 15) is 4.79 Å². The number of carbonyl (C=O) groups is 1. The van der Waals surface area contributed by atoms with Crippen LogP contribution in [-0.4, -0.2) is 110 Å². The van der Waals surface area contributed by atoms with E-state index < -0.39 is 0 Å². The van der Waals surface area contributed by atoms with Crippen LogP contribution in [0.3, 0.4) is 0 Å². The summed E-state index contributed by atoms with van der Waals surface area (Å²) in [4.78, 5) is 24.1. The van der Waals surface area contributed by atoms with E-state index in [1.165, 1.54) is 11.1 Å². The quantitative estimate of drug-likeness (QED) is 0.698. The minimum atomic E-state index is 0.214. The number of piperazine rings is 2. The Labute approximate surface area is 170 Å². The van der Waals surface area contributed by atoms with Crippen molar-refractivity contribution in [3.8, 4) is 0 Å². The van der Waals surface area contributed by atoms with E-state index >= 15 is 0 Å². The summed E-state index contributed by atoms with van der Waals surface area (Å²) in [6.07, 6.45) is 0. The van der Waals surface area contributed by atoms with Gasteiger partial charge in [0.1, 0.15) is 0 Å². The van der Waals surface area contributed by atoms with Crippen molar-refractivity contribution >= 4 is 5.91 Å². The topological polar surface area (TPSA) is 33.3 Å². The maximum absolute atomic E-state index is 12.6. The zero-order chi connectivity index (χ0) is 19.9. The van der Waals surface area contributed by atoms with Crippen molar-refractivity contribution in [2.75, 3.05) is 79.5 Å². The van der Waals surface area contributed by atoms with Crippen molar-refractivity contribution in [2.24, 2.45) is 0 Å². The van der Waals surface area contributed by atoms with E-state index in [1.807, 2.05) is 11.9 Å². The third-order valence-electron chi connectivity index (χ3n) is 6.14. The van der Waals surface area contributed by atoms with Crippen LogP contribution in [0.1, 0.15) is 18.1 Å². The molecule has 0 atom stereocenters. The SMILES string of the molecule is CCN1CCN(CC(=O)N(C)Cc2ccc(CN3CCN(C)CC3)cc2)CC1. The van der Waals surface area contributed by atoms with E-state index in [1.54, 1.807) is 0 Å². The minimum absolute atomic E-state index is 0.214. The predicted molar refractivity (Wildman–Crippen MR) is 114 cm³/mol. The Morgan fingerprint density at radius 3 is 2.00 bits per heavy atom. The normalized spacial score (nSPS) is 20.4. The molecule has 1 aromatic rings. The second-order valence-corrected chi connectivity index (χ2v) is 8.36. The molecule has 0 bridgehead atoms. The summed E-state index contributed by atoms with van der Waals surface area (Å²) < 4.78 is 0. The molecule has 2 heterocycles. The second kappa shape index (κ2) is 10.3. The van der Waals surface area contributed by atoms with Crippen LogP contribution >= 0.6 is 0 Å². The van der Waals surface area contributed by atoms with Crippen LogP contribution in [-0.2, 0) is 17.9 Å². The lowest BCUT2D eigenvalue weighted by molar-refractivity contribution is -0.132. The maximum atomic E-state index is 12.6. The molecule has 6 nitrogen and oxygen atoms in total. The highest BCUT2D eigenvalue weighted by Crippen LogP contribution is 2.11. The van der Waals surface area contributed by atoms with Gasteiger partial charge in [-0.1, -0.05) is 31.2 Å². The number of carbonyl (C=O) groups excluding carboxylic acids is 1. The number of hydrogen-bond donors (Lipinski definition) is 0. The number of rotatable bonds is 7. The molecule has 2 fully saturated rings. The highest BCUT2D eigenvalue weighted by Gasteiger charge is 2.20. The molecule has 0 unspecified atom stereocenters. The zero-order valence-corrected chi connectivity index (χ0v) is 17.9. The lowest BCUT2D eigenvalue weighted by Crippen LogP contribution is -2.49. The minimum Gasteiger partial charge on any atom is -0.340 e. The van der Waals surface area contributed by atoms with Crippen LogP contribution in [0.4, 0.5) is 0 Å². The fourth-order valence-corrected chi connectivity index (χ4v) is 3.95. The summed E-state index contributed by atoms with van der Waals surface area (Å²) in [7, 11) is 4.11. The number of hydrogen-bond acceptors (Lipinski definition) is 5. The van der Waals surface area contributed by atoms with Crippen molar-refractivity contribution in [3.05, 3.63) is 35.4 Å². The van der Waals surface area contributed by atoms with Gasteiger partial charge in [-0.15, -0.1) is 0 Å². The van der Waals surface area contributed by atoms with Gasteiger partial charge in [-0.3, -0.25) is 14.6 Å². The van der Waals surface area contributed by atoms with Gasteiger partial charge in [-0.05, 0) is 24.7 Å². The first kappa shape index (κ1) is 21.2. The number of nitrogens with zero attached hydrogens (tertiary/aromatic N) is 5. The molecule has 2 aliphatic rings. The van der Waals surface area contributed by atoms with Crippen molar-refractivity contribution in [2.45, 2.75) is 20.0 Å². The zero-order valence-electron chi connectivity index (χ0n) is 17.9. The Morgan fingerprint density at radius 2 is 1.39 bits per heavy atom. The van der Waals surface area contributed by atoms with E-state index in [-0.39, 0.29) is 5.91 Å². The molecule has 0 aliphatic carbocycles.